The summed E-state index contributed by atoms with van der Waals surface area (Å²) in [4.78, 5) is 11.4. The Morgan fingerprint density at radius 1 is 1.11 bits per heavy atom. The highest BCUT2D eigenvalue weighted by Gasteiger charge is 2.21. The van der Waals surface area contributed by atoms with Crippen LogP contribution in [-0.2, 0) is 11.3 Å². The topological polar surface area (TPSA) is 42.2 Å². The van der Waals surface area contributed by atoms with Gasteiger partial charge < -0.3 is 9.67 Å². The molecule has 18 heavy (non-hydrogen) atoms. The van der Waals surface area contributed by atoms with Crippen molar-refractivity contribution in [3.63, 3.8) is 0 Å². The number of benzene rings is 1. The maximum Gasteiger partial charge on any atom is 0.312 e. The molecule has 1 heterocycles. The first-order valence-electron chi connectivity index (χ1n) is 6.00. The molecule has 1 unspecified atom stereocenters. The molecule has 1 aromatic heterocycles. The summed E-state index contributed by atoms with van der Waals surface area (Å²) < 4.78 is 2.05. The second-order valence-corrected chi connectivity index (χ2v) is 4.53. The molecule has 0 amide bonds. The van der Waals surface area contributed by atoms with E-state index < -0.39 is 11.9 Å². The number of carboxylic acid groups (broad SMARTS) is 1. The maximum atomic E-state index is 11.4. The van der Waals surface area contributed by atoms with E-state index in [1.54, 1.807) is 0 Å². The Morgan fingerprint density at radius 3 is 2.17 bits per heavy atom. The van der Waals surface area contributed by atoms with Crippen LogP contribution in [0.3, 0.4) is 0 Å². The highest BCUT2D eigenvalue weighted by Crippen LogP contribution is 2.20. The van der Waals surface area contributed by atoms with Crippen LogP contribution in [0.2, 0.25) is 0 Å². The van der Waals surface area contributed by atoms with Gasteiger partial charge in [-0.3, -0.25) is 4.79 Å². The number of aromatic nitrogens is 1. The number of hydrogen-bond donors (Lipinski definition) is 1. The molecule has 0 aliphatic heterocycles. The molecule has 2 aromatic rings. The van der Waals surface area contributed by atoms with Gasteiger partial charge in [-0.05, 0) is 31.5 Å². The van der Waals surface area contributed by atoms with Gasteiger partial charge in [0.1, 0.15) is 0 Å². The molecule has 1 N–H and O–H groups in total. The number of aliphatic carboxylic acids is 1. The van der Waals surface area contributed by atoms with Crippen LogP contribution in [0, 0.1) is 13.8 Å². The standard InChI is InChI=1S/C15H17NO2/c1-11-8-9-12(2)16(11)10-14(15(17)18)13-6-4-3-5-7-13/h3-9,14H,10H2,1-2H3,(H,17,18). The number of aryl methyl sites for hydroxylation is 2. The Kier molecular flexibility index (Phi) is 3.51. The second kappa shape index (κ2) is 5.08. The van der Waals surface area contributed by atoms with E-state index in [0.717, 1.165) is 17.0 Å². The summed E-state index contributed by atoms with van der Waals surface area (Å²) in [6.07, 6.45) is 0. The monoisotopic (exact) mass is 243 g/mol. The molecule has 0 saturated carbocycles. The lowest BCUT2D eigenvalue weighted by atomic mass is 9.99. The van der Waals surface area contributed by atoms with E-state index in [0.29, 0.717) is 6.54 Å². The molecule has 2 rings (SSSR count). The lowest BCUT2D eigenvalue weighted by Gasteiger charge is -2.16. The Bertz CT molecular complexity index is 523. The Labute approximate surface area is 107 Å². The number of nitrogens with zero attached hydrogens (tertiary/aromatic N) is 1. The number of carbonyl (C=O) groups is 1. The molecular weight excluding hydrogens is 226 g/mol. The van der Waals surface area contributed by atoms with Crippen molar-refractivity contribution in [3.8, 4) is 0 Å². The van der Waals surface area contributed by atoms with Gasteiger partial charge >= 0.3 is 5.97 Å². The fourth-order valence-electron chi connectivity index (χ4n) is 2.18. The highest BCUT2D eigenvalue weighted by atomic mass is 16.4. The molecule has 1 atom stereocenters. The van der Waals surface area contributed by atoms with Gasteiger partial charge in [0.05, 0.1) is 5.92 Å². The van der Waals surface area contributed by atoms with Gasteiger partial charge in [-0.1, -0.05) is 30.3 Å². The van der Waals surface area contributed by atoms with Gasteiger partial charge in [-0.2, -0.15) is 0 Å². The van der Waals surface area contributed by atoms with Crippen LogP contribution < -0.4 is 0 Å². The third-order valence-corrected chi connectivity index (χ3v) is 3.28. The van der Waals surface area contributed by atoms with E-state index in [-0.39, 0.29) is 0 Å². The molecule has 0 aliphatic carbocycles. The summed E-state index contributed by atoms with van der Waals surface area (Å²) >= 11 is 0. The average molecular weight is 243 g/mol. The van der Waals surface area contributed by atoms with Gasteiger partial charge in [0, 0.05) is 17.9 Å². The van der Waals surface area contributed by atoms with Crippen LogP contribution >= 0.6 is 0 Å². The van der Waals surface area contributed by atoms with Crippen molar-refractivity contribution in [2.45, 2.75) is 26.3 Å². The fourth-order valence-corrected chi connectivity index (χ4v) is 2.18. The molecular formula is C15H17NO2. The molecule has 3 nitrogen and oxygen atoms in total. The van der Waals surface area contributed by atoms with Crippen molar-refractivity contribution in [1.29, 1.82) is 0 Å². The average Bonchev–Trinajstić information content (AvgIpc) is 2.67. The number of rotatable bonds is 4. The van der Waals surface area contributed by atoms with Crippen LogP contribution in [0.4, 0.5) is 0 Å². The molecule has 3 heteroatoms. The van der Waals surface area contributed by atoms with Crippen molar-refractivity contribution in [1.82, 2.24) is 4.57 Å². The SMILES string of the molecule is Cc1ccc(C)n1CC(C(=O)O)c1ccccc1. The first-order valence-corrected chi connectivity index (χ1v) is 6.00. The van der Waals surface area contributed by atoms with E-state index in [4.69, 9.17) is 0 Å². The van der Waals surface area contributed by atoms with E-state index in [1.807, 2.05) is 60.9 Å². The molecule has 0 bridgehead atoms. The van der Waals surface area contributed by atoms with Crippen molar-refractivity contribution < 1.29 is 9.90 Å². The van der Waals surface area contributed by atoms with Crippen molar-refractivity contribution in [3.05, 3.63) is 59.4 Å². The number of hydrogen-bond acceptors (Lipinski definition) is 1. The molecule has 1 aromatic carbocycles. The summed E-state index contributed by atoms with van der Waals surface area (Å²) in [5.41, 5.74) is 3.03. The highest BCUT2D eigenvalue weighted by molar-refractivity contribution is 5.76. The maximum absolute atomic E-state index is 11.4. The Balaban J connectivity index is 2.31. The predicted octanol–water partition coefficient (Wildman–Crippen LogP) is 2.97. The lowest BCUT2D eigenvalue weighted by Crippen LogP contribution is -2.19. The van der Waals surface area contributed by atoms with Gasteiger partial charge in [0.2, 0.25) is 0 Å². The minimum absolute atomic E-state index is 0.476. The van der Waals surface area contributed by atoms with Crippen LogP contribution in [0.1, 0.15) is 22.9 Å². The molecule has 0 radical (unpaired) electrons. The Morgan fingerprint density at radius 2 is 1.67 bits per heavy atom. The quantitative estimate of drug-likeness (QED) is 0.897. The van der Waals surface area contributed by atoms with Gasteiger partial charge in [0.15, 0.2) is 0 Å². The second-order valence-electron chi connectivity index (χ2n) is 4.53. The summed E-state index contributed by atoms with van der Waals surface area (Å²) in [5.74, 6) is -1.29. The molecule has 0 spiro atoms. The zero-order valence-corrected chi connectivity index (χ0v) is 10.6. The zero-order valence-electron chi connectivity index (χ0n) is 10.6. The van der Waals surface area contributed by atoms with E-state index in [9.17, 15) is 9.90 Å². The minimum Gasteiger partial charge on any atom is -0.481 e. The third-order valence-electron chi connectivity index (χ3n) is 3.28. The van der Waals surface area contributed by atoms with Crippen molar-refractivity contribution in [2.75, 3.05) is 0 Å². The van der Waals surface area contributed by atoms with E-state index in [2.05, 4.69) is 0 Å². The summed E-state index contributed by atoms with van der Waals surface area (Å²) in [7, 11) is 0. The normalized spacial score (nSPS) is 12.3. The summed E-state index contributed by atoms with van der Waals surface area (Å²) in [6, 6.07) is 13.4. The van der Waals surface area contributed by atoms with Gasteiger partial charge in [0.25, 0.3) is 0 Å². The third kappa shape index (κ3) is 2.45. The number of carboxylic acids is 1. The first-order chi connectivity index (χ1) is 8.59. The lowest BCUT2D eigenvalue weighted by molar-refractivity contribution is -0.139. The van der Waals surface area contributed by atoms with Crippen molar-refractivity contribution >= 4 is 5.97 Å². The largest absolute Gasteiger partial charge is 0.481 e. The fraction of sp³-hybridized carbons (Fsp3) is 0.267. The van der Waals surface area contributed by atoms with Crippen molar-refractivity contribution in [2.24, 2.45) is 0 Å². The molecule has 0 fully saturated rings. The molecule has 0 saturated heterocycles. The van der Waals surface area contributed by atoms with Gasteiger partial charge in [-0.25, -0.2) is 0 Å². The zero-order chi connectivity index (χ0) is 13.1. The van der Waals surface area contributed by atoms with Crippen LogP contribution in [0.5, 0.6) is 0 Å². The Hall–Kier alpha value is -2.03. The molecule has 94 valence electrons. The summed E-state index contributed by atoms with van der Waals surface area (Å²) in [5, 5.41) is 9.39. The minimum atomic E-state index is -0.784. The van der Waals surface area contributed by atoms with Crippen LogP contribution in [0.15, 0.2) is 42.5 Å². The summed E-state index contributed by atoms with van der Waals surface area (Å²) in [6.45, 7) is 4.47. The molecule has 0 aliphatic rings. The van der Waals surface area contributed by atoms with E-state index >= 15 is 0 Å². The predicted molar refractivity (Wildman–Crippen MR) is 70.7 cm³/mol. The van der Waals surface area contributed by atoms with E-state index in [1.165, 1.54) is 0 Å². The van der Waals surface area contributed by atoms with Crippen LogP contribution in [-0.4, -0.2) is 15.6 Å². The first kappa shape index (κ1) is 12.4. The smallest absolute Gasteiger partial charge is 0.312 e. The van der Waals surface area contributed by atoms with Gasteiger partial charge in [-0.15, -0.1) is 0 Å². The van der Waals surface area contributed by atoms with Crippen LogP contribution in [0.25, 0.3) is 0 Å².